The molecule has 1 aliphatic heterocycles. The van der Waals surface area contributed by atoms with Crippen molar-refractivity contribution in [3.63, 3.8) is 0 Å². The van der Waals surface area contributed by atoms with Crippen LogP contribution in [0.25, 0.3) is 45.5 Å². The summed E-state index contributed by atoms with van der Waals surface area (Å²) in [5.41, 5.74) is 22.3. The van der Waals surface area contributed by atoms with Crippen molar-refractivity contribution in [1.82, 2.24) is 0 Å². The van der Waals surface area contributed by atoms with Crippen LogP contribution in [0.3, 0.4) is 0 Å². The minimum atomic E-state index is -5.79. The zero-order chi connectivity index (χ0) is 44.9. The average molecular weight is 978 g/mol. The van der Waals surface area contributed by atoms with Crippen LogP contribution in [-0.4, -0.2) is 9.52 Å². The first-order valence-electron chi connectivity index (χ1n) is 24.7. The van der Waals surface area contributed by atoms with E-state index in [1.165, 1.54) is 103 Å². The molecule has 0 radical (unpaired) electrons. The molecule has 0 spiro atoms. The van der Waals surface area contributed by atoms with Gasteiger partial charge in [-0.3, -0.25) is 0 Å². The number of fused-ring (bicyclic) bond motifs is 5. The molecule has 0 N–H and O–H groups in total. The molecule has 2 aliphatic carbocycles. The number of aryl methyl sites for hydroxylation is 4. The van der Waals surface area contributed by atoms with Crippen LogP contribution in [-0.2, 0) is 42.1 Å². The normalized spacial score (nSPS) is 18.1. The third-order valence-corrected chi connectivity index (χ3v) is 38.4. The molecule has 0 amide bonds. The number of halogens is 2. The van der Waals surface area contributed by atoms with E-state index in [4.69, 9.17) is 0 Å². The molecule has 6 aromatic rings. The Hall–Kier alpha value is -3.52. The second-order valence-electron chi connectivity index (χ2n) is 19.3. The topological polar surface area (TPSA) is 0 Å². The van der Waals surface area contributed by atoms with Gasteiger partial charge in [0.25, 0.3) is 0 Å². The average Bonchev–Trinajstić information content (AvgIpc) is 4.04. The van der Waals surface area contributed by atoms with Crippen LogP contribution < -0.4 is 13.6 Å². The fourth-order valence-corrected chi connectivity index (χ4v) is 40.4. The van der Waals surface area contributed by atoms with Gasteiger partial charge in [-0.05, 0) is 0 Å². The van der Waals surface area contributed by atoms with Gasteiger partial charge in [0.15, 0.2) is 0 Å². The van der Waals surface area contributed by atoms with Gasteiger partial charge in [-0.15, -0.1) is 0 Å². The van der Waals surface area contributed by atoms with Crippen LogP contribution in [0, 0.1) is 11.8 Å². The zero-order valence-corrected chi connectivity index (χ0v) is 44.9. The third kappa shape index (κ3) is 7.23. The summed E-state index contributed by atoms with van der Waals surface area (Å²) < 4.78 is 1.12. The minimum absolute atomic E-state index is 0.104. The molecule has 9 rings (SSSR count). The van der Waals surface area contributed by atoms with Crippen molar-refractivity contribution in [2.75, 3.05) is 0 Å². The van der Waals surface area contributed by atoms with Crippen LogP contribution in [0.1, 0.15) is 133 Å². The molecule has 0 saturated carbocycles. The number of allylic oxidation sites excluding steroid dienone is 2. The van der Waals surface area contributed by atoms with Crippen molar-refractivity contribution >= 4 is 52.3 Å². The van der Waals surface area contributed by atoms with Gasteiger partial charge in [-0.1, -0.05) is 0 Å². The summed E-state index contributed by atoms with van der Waals surface area (Å²) >= 11 is -5.79. The van der Waals surface area contributed by atoms with Crippen LogP contribution in [0.2, 0.25) is 0 Å². The molecule has 0 fully saturated rings. The Morgan fingerprint density at radius 3 is 1.42 bits per heavy atom. The molecular formula is C60H67Cl2SiZr. The van der Waals surface area contributed by atoms with E-state index in [1.54, 1.807) is 0 Å². The predicted molar refractivity (Wildman–Crippen MR) is 282 cm³/mol. The molecule has 4 atom stereocenters. The van der Waals surface area contributed by atoms with Gasteiger partial charge in [-0.2, -0.15) is 0 Å². The Labute approximate surface area is 395 Å². The summed E-state index contributed by atoms with van der Waals surface area (Å²) in [4.78, 5) is 0. The van der Waals surface area contributed by atoms with Crippen LogP contribution in [0.4, 0.5) is 0 Å². The molecule has 6 aromatic carbocycles. The molecule has 1 heterocycles. The van der Waals surface area contributed by atoms with Crippen molar-refractivity contribution in [3.05, 3.63) is 171 Å². The predicted octanol–water partition coefficient (Wildman–Crippen LogP) is 15.1. The van der Waals surface area contributed by atoms with Gasteiger partial charge in [0.05, 0.1) is 0 Å². The van der Waals surface area contributed by atoms with Crippen LogP contribution in [0.15, 0.2) is 126 Å². The number of benzene rings is 6. The Balaban J connectivity index is 1.43. The van der Waals surface area contributed by atoms with Crippen molar-refractivity contribution < 1.29 is 16.4 Å². The van der Waals surface area contributed by atoms with Gasteiger partial charge >= 0.3 is 399 Å². The summed E-state index contributed by atoms with van der Waals surface area (Å²) in [5, 5.41) is 3.00. The Morgan fingerprint density at radius 1 is 0.500 bits per heavy atom. The molecule has 0 saturated heterocycles. The summed E-state index contributed by atoms with van der Waals surface area (Å²) in [6.07, 6.45) is 13.5. The van der Waals surface area contributed by atoms with Gasteiger partial charge in [0, 0.05) is 0 Å². The standard InChI is InChI=1S/2C24H29.C12H9Si.2ClH.Zr/c2*1-5-10-19-13-14-20-15-21(17(4)6-2)16-23(20)24(19)22-12-9-8-11-18(22)7-3;1-3-7-11-9(5-1)10-6-2-4-8-12(10)13-11;;;/h2*8-9,11-17H,5-7,10H2,1-4H3;1-7H,13H2;2*1H;/q;;;;;+2/p-2. The Kier molecular flexibility index (Phi) is 13.0. The molecule has 4 unspecified atom stereocenters. The van der Waals surface area contributed by atoms with Crippen LogP contribution >= 0.6 is 17.0 Å². The summed E-state index contributed by atoms with van der Waals surface area (Å²) in [6.45, 7) is 18.9. The second kappa shape index (κ2) is 18.3. The first kappa shape index (κ1) is 45.6. The number of rotatable bonds is 15. The fourth-order valence-electron chi connectivity index (χ4n) is 12.4. The molecule has 3 aliphatic rings. The van der Waals surface area contributed by atoms with E-state index in [-0.39, 0.29) is 7.25 Å². The van der Waals surface area contributed by atoms with Gasteiger partial charge in [-0.25, -0.2) is 0 Å². The van der Waals surface area contributed by atoms with Gasteiger partial charge in [0.1, 0.15) is 0 Å². The number of hydrogen-bond donors (Lipinski definition) is 0. The summed E-state index contributed by atoms with van der Waals surface area (Å²) in [5.74, 6) is 0.599. The van der Waals surface area contributed by atoms with E-state index in [0.717, 1.165) is 51.4 Å². The fraction of sp³-hybridized carbons (Fsp3) is 0.333. The van der Waals surface area contributed by atoms with Gasteiger partial charge in [0.2, 0.25) is 0 Å². The van der Waals surface area contributed by atoms with E-state index in [2.05, 4.69) is 183 Å². The SMILES string of the molecule is CCCc1ccc2c(c1-c1ccccc1CC)C=C(C(C)CC)[CH]2[Zr]([Cl])([Cl])([c]1cccc2c1[SiH2]c1ccccc1-2)[CH]1C(C(C)CC)=Cc2c1ccc(CCC)c2-c1ccccc1CC. The van der Waals surface area contributed by atoms with E-state index >= 15 is 0 Å². The quantitative estimate of drug-likeness (QED) is 0.0898. The van der Waals surface area contributed by atoms with Crippen molar-refractivity contribution in [2.24, 2.45) is 11.8 Å². The number of hydrogen-bond acceptors (Lipinski definition) is 0. The summed E-state index contributed by atoms with van der Waals surface area (Å²) in [7, 11) is 18.4. The maximum atomic E-state index is 9.64. The first-order valence-corrected chi connectivity index (χ1v) is 36.5. The molecule has 329 valence electrons. The Morgan fingerprint density at radius 2 is 0.953 bits per heavy atom. The maximum absolute atomic E-state index is 9.64. The van der Waals surface area contributed by atoms with Gasteiger partial charge < -0.3 is 0 Å². The molecule has 0 aromatic heterocycles. The molecule has 64 heavy (non-hydrogen) atoms. The monoisotopic (exact) mass is 975 g/mol. The zero-order valence-electron chi connectivity index (χ0n) is 39.6. The molecular weight excluding hydrogens is 911 g/mol. The molecule has 4 heteroatoms. The van der Waals surface area contributed by atoms with Crippen molar-refractivity contribution in [2.45, 2.75) is 114 Å². The van der Waals surface area contributed by atoms with E-state index in [1.807, 2.05) is 0 Å². The Bertz CT molecular complexity index is 2680. The second-order valence-corrected chi connectivity index (χ2v) is 41.7. The molecule has 0 nitrogen and oxygen atoms in total. The van der Waals surface area contributed by atoms with E-state index < -0.39 is 25.9 Å². The van der Waals surface area contributed by atoms with Crippen molar-refractivity contribution in [3.8, 4) is 33.4 Å². The first-order chi connectivity index (χ1) is 31.0. The molecule has 0 bridgehead atoms. The van der Waals surface area contributed by atoms with Crippen LogP contribution in [0.5, 0.6) is 0 Å². The third-order valence-electron chi connectivity index (χ3n) is 15.8. The summed E-state index contributed by atoms with van der Waals surface area (Å²) in [6, 6.07) is 44.5. The van der Waals surface area contributed by atoms with E-state index in [9.17, 15) is 17.0 Å². The van der Waals surface area contributed by atoms with E-state index in [0.29, 0.717) is 11.8 Å². The van der Waals surface area contributed by atoms with Crippen molar-refractivity contribution in [1.29, 1.82) is 0 Å².